The lowest BCUT2D eigenvalue weighted by Gasteiger charge is -2.23. The second kappa shape index (κ2) is 4.94. The Balaban J connectivity index is 2.19. The highest BCUT2D eigenvalue weighted by molar-refractivity contribution is 5.77. The molecule has 0 aromatic carbocycles. The molecule has 0 aliphatic carbocycles. The van der Waals surface area contributed by atoms with E-state index in [-0.39, 0.29) is 17.0 Å². The molecule has 1 aliphatic heterocycles. The van der Waals surface area contributed by atoms with Crippen molar-refractivity contribution in [2.24, 2.45) is 0 Å². The Hall–Kier alpha value is -1.69. The third kappa shape index (κ3) is 2.48. The van der Waals surface area contributed by atoms with Gasteiger partial charge in [-0.2, -0.15) is 5.10 Å². The zero-order chi connectivity index (χ0) is 15.2. The van der Waals surface area contributed by atoms with Gasteiger partial charge in [-0.05, 0) is 47.1 Å². The molecular formula is C15H23N5O. The van der Waals surface area contributed by atoms with Gasteiger partial charge in [0, 0.05) is 12.5 Å². The molecule has 114 valence electrons. The summed E-state index contributed by atoms with van der Waals surface area (Å²) in [6.07, 6.45) is 2.17. The maximum Gasteiger partial charge on any atom is 0.262 e. The smallest absolute Gasteiger partial charge is 0.262 e. The van der Waals surface area contributed by atoms with E-state index >= 15 is 0 Å². The van der Waals surface area contributed by atoms with E-state index in [1.807, 2.05) is 11.6 Å². The molecule has 6 nitrogen and oxygen atoms in total. The monoisotopic (exact) mass is 289 g/mol. The van der Waals surface area contributed by atoms with Crippen molar-refractivity contribution in [2.75, 3.05) is 13.1 Å². The van der Waals surface area contributed by atoms with E-state index < -0.39 is 0 Å². The van der Waals surface area contributed by atoms with Crippen molar-refractivity contribution in [1.29, 1.82) is 0 Å². The zero-order valence-corrected chi connectivity index (χ0v) is 13.2. The largest absolute Gasteiger partial charge is 0.316 e. The van der Waals surface area contributed by atoms with Crippen molar-refractivity contribution in [2.45, 2.75) is 52.0 Å². The van der Waals surface area contributed by atoms with E-state index in [4.69, 9.17) is 4.98 Å². The van der Waals surface area contributed by atoms with Crippen molar-refractivity contribution in [3.05, 3.63) is 21.9 Å². The highest BCUT2D eigenvalue weighted by Crippen LogP contribution is 2.24. The van der Waals surface area contributed by atoms with Gasteiger partial charge in [0.15, 0.2) is 5.65 Å². The second-order valence-corrected chi connectivity index (χ2v) is 6.86. The van der Waals surface area contributed by atoms with Gasteiger partial charge in [0.1, 0.15) is 11.2 Å². The van der Waals surface area contributed by atoms with Crippen LogP contribution in [0.1, 0.15) is 51.0 Å². The first-order valence-corrected chi connectivity index (χ1v) is 7.58. The number of piperidine rings is 1. The van der Waals surface area contributed by atoms with Crippen LogP contribution in [0.25, 0.3) is 11.0 Å². The summed E-state index contributed by atoms with van der Waals surface area (Å²) in [4.78, 5) is 20.2. The Kier molecular flexibility index (Phi) is 3.36. The summed E-state index contributed by atoms with van der Waals surface area (Å²) in [6, 6.07) is 0. The molecule has 2 aromatic rings. The molecule has 0 amide bonds. The summed E-state index contributed by atoms with van der Waals surface area (Å²) < 4.78 is 1.87. The summed E-state index contributed by atoms with van der Waals surface area (Å²) >= 11 is 0. The Morgan fingerprint density at radius 1 is 1.33 bits per heavy atom. The van der Waals surface area contributed by atoms with E-state index in [1.54, 1.807) is 0 Å². The lowest BCUT2D eigenvalue weighted by Crippen LogP contribution is -2.31. The molecule has 1 aliphatic rings. The number of aryl methyl sites for hydroxylation is 1. The van der Waals surface area contributed by atoms with Gasteiger partial charge in [-0.3, -0.25) is 4.79 Å². The van der Waals surface area contributed by atoms with Gasteiger partial charge in [-0.25, -0.2) is 9.67 Å². The van der Waals surface area contributed by atoms with Gasteiger partial charge in [0.05, 0.1) is 11.2 Å². The number of hydrogen-bond acceptors (Lipinski definition) is 4. The number of nitrogens with zero attached hydrogens (tertiary/aromatic N) is 3. The number of H-pyrrole nitrogens is 1. The van der Waals surface area contributed by atoms with Gasteiger partial charge in [0.25, 0.3) is 5.56 Å². The van der Waals surface area contributed by atoms with Crippen LogP contribution < -0.4 is 10.9 Å². The minimum atomic E-state index is -0.199. The molecule has 2 N–H and O–H groups in total. The van der Waals surface area contributed by atoms with E-state index in [0.29, 0.717) is 11.0 Å². The van der Waals surface area contributed by atoms with Gasteiger partial charge in [-0.1, -0.05) is 0 Å². The summed E-state index contributed by atoms with van der Waals surface area (Å²) in [6.45, 7) is 10.00. The summed E-state index contributed by atoms with van der Waals surface area (Å²) in [5, 5.41) is 8.50. The first-order chi connectivity index (χ1) is 9.88. The number of hydrogen-bond donors (Lipinski definition) is 2. The average Bonchev–Trinajstić information content (AvgIpc) is 2.77. The van der Waals surface area contributed by atoms with Crippen molar-refractivity contribution in [3.63, 3.8) is 0 Å². The van der Waals surface area contributed by atoms with Crippen molar-refractivity contribution < 1.29 is 0 Å². The lowest BCUT2D eigenvalue weighted by molar-refractivity contribution is 0.363. The first-order valence-electron chi connectivity index (χ1n) is 7.58. The normalized spacial score (nSPS) is 20.1. The number of fused-ring (bicyclic) bond motifs is 1. The van der Waals surface area contributed by atoms with Crippen molar-refractivity contribution >= 4 is 11.0 Å². The minimum Gasteiger partial charge on any atom is -0.316 e. The molecule has 2 aromatic heterocycles. The van der Waals surface area contributed by atoms with Crippen LogP contribution in [0.2, 0.25) is 0 Å². The predicted octanol–water partition coefficient (Wildman–Crippen LogP) is 1.65. The fraction of sp³-hybridized carbons (Fsp3) is 0.667. The Morgan fingerprint density at radius 2 is 2.10 bits per heavy atom. The fourth-order valence-electron chi connectivity index (χ4n) is 2.95. The molecular weight excluding hydrogens is 266 g/mol. The van der Waals surface area contributed by atoms with Crippen LogP contribution in [0.3, 0.4) is 0 Å². The zero-order valence-electron chi connectivity index (χ0n) is 13.2. The molecule has 1 saturated heterocycles. The maximum absolute atomic E-state index is 12.4. The average molecular weight is 289 g/mol. The minimum absolute atomic E-state index is 0.0754. The molecule has 0 radical (unpaired) electrons. The molecule has 21 heavy (non-hydrogen) atoms. The first kappa shape index (κ1) is 14.3. The molecule has 1 unspecified atom stereocenters. The van der Waals surface area contributed by atoms with Gasteiger partial charge in [-0.15, -0.1) is 0 Å². The number of nitrogens with one attached hydrogen (secondary N) is 2. The van der Waals surface area contributed by atoms with Crippen LogP contribution in [0.15, 0.2) is 4.79 Å². The van der Waals surface area contributed by atoms with E-state index in [9.17, 15) is 4.79 Å². The van der Waals surface area contributed by atoms with E-state index in [1.165, 1.54) is 0 Å². The predicted molar refractivity (Wildman–Crippen MR) is 82.7 cm³/mol. The Bertz CT molecular complexity index is 716. The molecule has 3 rings (SSSR count). The molecule has 6 heteroatoms. The molecule has 0 saturated carbocycles. The van der Waals surface area contributed by atoms with Crippen LogP contribution in [0.4, 0.5) is 0 Å². The summed E-state index contributed by atoms with van der Waals surface area (Å²) in [5.41, 5.74) is 1.16. The summed E-state index contributed by atoms with van der Waals surface area (Å²) in [5.74, 6) is 1.06. The Labute approximate surface area is 124 Å². The topological polar surface area (TPSA) is 75.6 Å². The van der Waals surface area contributed by atoms with Gasteiger partial charge >= 0.3 is 0 Å². The molecule has 3 heterocycles. The standard InChI is InChI=1S/C15H23N5O/c1-9-11-13(20(19-9)15(2,3)4)17-12(18-14(11)21)10-6-5-7-16-8-10/h10,16H,5-8H2,1-4H3,(H,17,18,21). The number of aromatic nitrogens is 4. The number of rotatable bonds is 1. The van der Waals surface area contributed by atoms with Crippen LogP contribution in [0.5, 0.6) is 0 Å². The van der Waals surface area contributed by atoms with Crippen LogP contribution in [-0.2, 0) is 5.54 Å². The second-order valence-electron chi connectivity index (χ2n) is 6.86. The molecule has 1 fully saturated rings. The van der Waals surface area contributed by atoms with Gasteiger partial charge < -0.3 is 10.3 Å². The number of aromatic amines is 1. The van der Waals surface area contributed by atoms with Crippen molar-refractivity contribution in [3.8, 4) is 0 Å². The molecule has 0 bridgehead atoms. The Morgan fingerprint density at radius 3 is 2.71 bits per heavy atom. The molecule has 1 atom stereocenters. The highest BCUT2D eigenvalue weighted by atomic mass is 16.1. The third-order valence-corrected chi connectivity index (χ3v) is 4.05. The van der Waals surface area contributed by atoms with Gasteiger partial charge in [0.2, 0.25) is 0 Å². The summed E-state index contributed by atoms with van der Waals surface area (Å²) in [7, 11) is 0. The van der Waals surface area contributed by atoms with Crippen LogP contribution >= 0.6 is 0 Å². The quantitative estimate of drug-likeness (QED) is 0.837. The van der Waals surface area contributed by atoms with Crippen LogP contribution in [0, 0.1) is 6.92 Å². The molecule has 0 spiro atoms. The van der Waals surface area contributed by atoms with Crippen LogP contribution in [-0.4, -0.2) is 32.8 Å². The maximum atomic E-state index is 12.4. The highest BCUT2D eigenvalue weighted by Gasteiger charge is 2.24. The lowest BCUT2D eigenvalue weighted by atomic mass is 9.99. The third-order valence-electron chi connectivity index (χ3n) is 4.05. The van der Waals surface area contributed by atoms with E-state index in [0.717, 1.165) is 37.4 Å². The van der Waals surface area contributed by atoms with Crippen molar-refractivity contribution in [1.82, 2.24) is 25.1 Å². The fourth-order valence-corrected chi connectivity index (χ4v) is 2.95. The van der Waals surface area contributed by atoms with E-state index in [2.05, 4.69) is 36.2 Å². The SMILES string of the molecule is Cc1nn(C(C)(C)C)c2nc(C3CCCNC3)[nH]c(=O)c12.